The van der Waals surface area contributed by atoms with Crippen LogP contribution < -0.4 is 16.4 Å². The van der Waals surface area contributed by atoms with Crippen LogP contribution in [0.1, 0.15) is 38.7 Å². The highest BCUT2D eigenvalue weighted by molar-refractivity contribution is 5.90. The lowest BCUT2D eigenvalue weighted by molar-refractivity contribution is -0.133. The molecule has 5 amide bonds. The van der Waals surface area contributed by atoms with E-state index < -0.39 is 12.1 Å². The molecule has 0 bridgehead atoms. The van der Waals surface area contributed by atoms with Crippen molar-refractivity contribution in [2.24, 2.45) is 11.7 Å². The third-order valence-corrected chi connectivity index (χ3v) is 4.68. The summed E-state index contributed by atoms with van der Waals surface area (Å²) < 4.78 is 5.30. The van der Waals surface area contributed by atoms with Gasteiger partial charge in [0.05, 0.1) is 0 Å². The van der Waals surface area contributed by atoms with Gasteiger partial charge in [0.1, 0.15) is 6.61 Å². The second kappa shape index (κ2) is 13.9. The number of anilines is 1. The van der Waals surface area contributed by atoms with E-state index in [1.165, 1.54) is 4.90 Å². The summed E-state index contributed by atoms with van der Waals surface area (Å²) >= 11 is 0. The molecule has 1 aromatic rings. The summed E-state index contributed by atoms with van der Waals surface area (Å²) in [5.74, 6) is -0.180. The Bertz CT molecular complexity index is 766. The number of likely N-dealkylation sites (N-methyl/N-ethyl adjacent to an activating group) is 2. The second-order valence-corrected chi connectivity index (χ2v) is 7.88. The molecular formula is C22H35N5O5. The van der Waals surface area contributed by atoms with Gasteiger partial charge in [0.15, 0.2) is 0 Å². The molecule has 0 saturated carbocycles. The molecule has 0 saturated heterocycles. The van der Waals surface area contributed by atoms with Crippen molar-refractivity contribution >= 4 is 29.6 Å². The molecule has 0 radical (unpaired) electrons. The van der Waals surface area contributed by atoms with Crippen molar-refractivity contribution < 1.29 is 23.9 Å². The number of unbranched alkanes of at least 4 members (excludes halogenated alkanes) is 1. The van der Waals surface area contributed by atoms with E-state index in [-0.39, 0.29) is 24.3 Å². The molecular weight excluding hydrogens is 414 g/mol. The lowest BCUT2D eigenvalue weighted by Crippen LogP contribution is -2.39. The summed E-state index contributed by atoms with van der Waals surface area (Å²) in [6, 6.07) is 6.46. The molecule has 0 unspecified atom stereocenters. The van der Waals surface area contributed by atoms with E-state index in [2.05, 4.69) is 10.6 Å². The lowest BCUT2D eigenvalue weighted by Gasteiger charge is -2.23. The highest BCUT2D eigenvalue weighted by Crippen LogP contribution is 2.12. The number of urea groups is 1. The molecule has 0 spiro atoms. The molecule has 10 heteroatoms. The smallest absolute Gasteiger partial charge is 0.409 e. The number of amides is 5. The Labute approximate surface area is 189 Å². The van der Waals surface area contributed by atoms with Crippen LogP contribution in [0.25, 0.3) is 0 Å². The van der Waals surface area contributed by atoms with Crippen LogP contribution in [-0.4, -0.2) is 67.5 Å². The number of hydrogen-bond acceptors (Lipinski definition) is 5. The quantitative estimate of drug-likeness (QED) is 0.420. The van der Waals surface area contributed by atoms with E-state index in [4.69, 9.17) is 10.5 Å². The number of rotatable bonds is 12. The summed E-state index contributed by atoms with van der Waals surface area (Å²) in [5, 5.41) is 5.27. The Morgan fingerprint density at radius 2 is 1.62 bits per heavy atom. The first-order valence-corrected chi connectivity index (χ1v) is 10.6. The Kier molecular flexibility index (Phi) is 11.6. The number of primary amides is 1. The summed E-state index contributed by atoms with van der Waals surface area (Å²) in [6.07, 6.45) is 1.16. The van der Waals surface area contributed by atoms with Crippen molar-refractivity contribution in [2.75, 3.05) is 39.0 Å². The maximum atomic E-state index is 12.1. The summed E-state index contributed by atoms with van der Waals surface area (Å²) in [5.41, 5.74) is 6.41. The van der Waals surface area contributed by atoms with Crippen molar-refractivity contribution in [3.05, 3.63) is 29.8 Å². The predicted octanol–water partition coefficient (Wildman–Crippen LogP) is 2.15. The number of carbonyl (C=O) groups is 4. The van der Waals surface area contributed by atoms with Crippen LogP contribution in [0, 0.1) is 5.92 Å². The molecule has 32 heavy (non-hydrogen) atoms. The first-order valence-electron chi connectivity index (χ1n) is 10.6. The van der Waals surface area contributed by atoms with E-state index in [1.807, 2.05) is 13.8 Å². The van der Waals surface area contributed by atoms with Gasteiger partial charge in [-0.05, 0) is 30.5 Å². The van der Waals surface area contributed by atoms with Gasteiger partial charge in [-0.3, -0.25) is 9.59 Å². The van der Waals surface area contributed by atoms with Crippen LogP contribution >= 0.6 is 0 Å². The molecule has 1 rings (SSSR count). The van der Waals surface area contributed by atoms with E-state index in [1.54, 1.807) is 43.3 Å². The number of carbonyl (C=O) groups excluding carboxylic acids is 4. The van der Waals surface area contributed by atoms with Gasteiger partial charge in [-0.2, -0.15) is 0 Å². The Morgan fingerprint density at radius 3 is 2.22 bits per heavy atom. The lowest BCUT2D eigenvalue weighted by atomic mass is 10.2. The highest BCUT2D eigenvalue weighted by Gasteiger charge is 2.16. The normalized spacial score (nSPS) is 10.4. The molecule has 0 aliphatic carbocycles. The fraction of sp³-hybridized carbons (Fsp3) is 0.545. The van der Waals surface area contributed by atoms with E-state index in [9.17, 15) is 19.2 Å². The average Bonchev–Trinajstić information content (AvgIpc) is 2.75. The molecule has 0 aromatic heterocycles. The zero-order valence-corrected chi connectivity index (χ0v) is 19.3. The highest BCUT2D eigenvalue weighted by atomic mass is 16.6. The van der Waals surface area contributed by atoms with E-state index >= 15 is 0 Å². The standard InChI is InChI=1S/C22H35N5O5/c1-16(2)20(29)26(3)13-14-27(4)22(31)32-15-17-8-10-18(11-9-17)25-19(28)7-5-6-12-24-21(23)30/h8-11,16H,5-7,12-15H2,1-4H3,(H,25,28)(H3,23,24,30). The van der Waals surface area contributed by atoms with E-state index in [0.717, 1.165) is 5.56 Å². The van der Waals surface area contributed by atoms with Gasteiger partial charge in [-0.15, -0.1) is 0 Å². The Morgan fingerprint density at radius 1 is 1.00 bits per heavy atom. The maximum Gasteiger partial charge on any atom is 0.409 e. The minimum absolute atomic E-state index is 0.0269. The molecule has 10 nitrogen and oxygen atoms in total. The minimum atomic E-state index is -0.572. The first kappa shape index (κ1) is 26.7. The number of nitrogens with one attached hydrogen (secondary N) is 2. The molecule has 0 atom stereocenters. The Balaban J connectivity index is 2.33. The van der Waals surface area contributed by atoms with Crippen molar-refractivity contribution in [3.8, 4) is 0 Å². The van der Waals surface area contributed by atoms with Gasteiger partial charge in [0, 0.05) is 51.8 Å². The fourth-order valence-corrected chi connectivity index (χ4v) is 2.73. The minimum Gasteiger partial charge on any atom is -0.445 e. The van der Waals surface area contributed by atoms with E-state index in [0.29, 0.717) is 44.6 Å². The van der Waals surface area contributed by atoms with Crippen LogP contribution in [0.2, 0.25) is 0 Å². The zero-order chi connectivity index (χ0) is 24.1. The van der Waals surface area contributed by atoms with Crippen LogP contribution in [0.4, 0.5) is 15.3 Å². The summed E-state index contributed by atoms with van der Waals surface area (Å²) in [7, 11) is 3.34. The van der Waals surface area contributed by atoms with Gasteiger partial charge in [0.25, 0.3) is 0 Å². The van der Waals surface area contributed by atoms with Gasteiger partial charge in [-0.25, -0.2) is 9.59 Å². The SMILES string of the molecule is CC(C)C(=O)N(C)CCN(C)C(=O)OCc1ccc(NC(=O)CCCCNC(N)=O)cc1. The second-order valence-electron chi connectivity index (χ2n) is 7.88. The van der Waals surface area contributed by atoms with Crippen LogP contribution in [-0.2, 0) is 20.9 Å². The molecule has 0 fully saturated rings. The van der Waals surface area contributed by atoms with Gasteiger partial charge < -0.3 is 30.9 Å². The van der Waals surface area contributed by atoms with Crippen molar-refractivity contribution in [3.63, 3.8) is 0 Å². The third-order valence-electron chi connectivity index (χ3n) is 4.68. The van der Waals surface area contributed by atoms with Gasteiger partial charge in [0.2, 0.25) is 11.8 Å². The van der Waals surface area contributed by atoms with Crippen LogP contribution in [0.5, 0.6) is 0 Å². The zero-order valence-electron chi connectivity index (χ0n) is 19.3. The van der Waals surface area contributed by atoms with Crippen LogP contribution in [0.3, 0.4) is 0 Å². The van der Waals surface area contributed by atoms with Gasteiger partial charge in [-0.1, -0.05) is 26.0 Å². The number of nitrogens with two attached hydrogens (primary N) is 1. The first-order chi connectivity index (χ1) is 15.1. The monoisotopic (exact) mass is 449 g/mol. The summed E-state index contributed by atoms with van der Waals surface area (Å²) in [6.45, 7) is 5.01. The number of ether oxygens (including phenoxy) is 1. The predicted molar refractivity (Wildman–Crippen MR) is 122 cm³/mol. The molecule has 4 N–H and O–H groups in total. The van der Waals surface area contributed by atoms with Crippen LogP contribution in [0.15, 0.2) is 24.3 Å². The molecule has 1 aromatic carbocycles. The van der Waals surface area contributed by atoms with Crippen molar-refractivity contribution in [1.29, 1.82) is 0 Å². The molecule has 0 heterocycles. The fourth-order valence-electron chi connectivity index (χ4n) is 2.73. The third kappa shape index (κ3) is 10.6. The van der Waals surface area contributed by atoms with Crippen molar-refractivity contribution in [1.82, 2.24) is 15.1 Å². The summed E-state index contributed by atoms with van der Waals surface area (Å²) in [4.78, 5) is 49.6. The molecule has 0 aliphatic rings. The van der Waals surface area contributed by atoms with Gasteiger partial charge >= 0.3 is 12.1 Å². The maximum absolute atomic E-state index is 12.1. The molecule has 178 valence electrons. The Hall–Kier alpha value is -3.30. The molecule has 0 aliphatic heterocycles. The number of benzene rings is 1. The number of nitrogens with zero attached hydrogens (tertiary/aromatic N) is 2. The topological polar surface area (TPSA) is 134 Å². The largest absolute Gasteiger partial charge is 0.445 e. The average molecular weight is 450 g/mol. The van der Waals surface area contributed by atoms with Crippen molar-refractivity contribution in [2.45, 2.75) is 39.7 Å². The number of hydrogen-bond donors (Lipinski definition) is 3.